The molecule has 1 unspecified atom stereocenters. The number of hydrogen-bond acceptors (Lipinski definition) is 1. The summed E-state index contributed by atoms with van der Waals surface area (Å²) in [5, 5.41) is 0. The standard InChI is InChI=1S/C15H21N/c1-11-8-13-9-15(11)16(10-13)12(2)14-6-4-3-5-7-14/h3-7,11-13,15H,8-10H2,1-2H3/t11-,12?,13-,15-/m0/s1. The molecule has 1 nitrogen and oxygen atoms in total. The summed E-state index contributed by atoms with van der Waals surface area (Å²) in [6, 6.07) is 12.4. The first-order chi connectivity index (χ1) is 7.75. The van der Waals surface area contributed by atoms with Gasteiger partial charge in [0.2, 0.25) is 0 Å². The van der Waals surface area contributed by atoms with Crippen LogP contribution in [0.2, 0.25) is 0 Å². The molecule has 3 rings (SSSR count). The number of fused-ring (bicyclic) bond motifs is 2. The summed E-state index contributed by atoms with van der Waals surface area (Å²) in [7, 11) is 0. The Morgan fingerprint density at radius 3 is 2.56 bits per heavy atom. The molecule has 2 bridgehead atoms. The van der Waals surface area contributed by atoms with E-state index in [0.717, 1.165) is 17.9 Å². The lowest BCUT2D eigenvalue weighted by molar-refractivity contribution is 0.122. The van der Waals surface area contributed by atoms with E-state index in [-0.39, 0.29) is 0 Å². The quantitative estimate of drug-likeness (QED) is 0.730. The maximum absolute atomic E-state index is 2.73. The third-order valence-corrected chi connectivity index (χ3v) is 4.61. The van der Waals surface area contributed by atoms with Crippen molar-refractivity contribution in [1.29, 1.82) is 0 Å². The Bertz CT molecular complexity index is 359. The van der Waals surface area contributed by atoms with Crippen molar-refractivity contribution in [3.63, 3.8) is 0 Å². The summed E-state index contributed by atoms with van der Waals surface area (Å²) in [6.45, 7) is 6.11. The van der Waals surface area contributed by atoms with Crippen molar-refractivity contribution in [2.45, 2.75) is 38.8 Å². The second-order valence-electron chi connectivity index (χ2n) is 5.67. The molecule has 1 aromatic rings. The maximum atomic E-state index is 2.73. The largest absolute Gasteiger partial charge is 0.293 e. The minimum absolute atomic E-state index is 0.596. The van der Waals surface area contributed by atoms with Crippen LogP contribution in [0, 0.1) is 11.8 Å². The number of hydrogen-bond donors (Lipinski definition) is 0. The normalized spacial score (nSPS) is 35.5. The average Bonchev–Trinajstić information content (AvgIpc) is 2.88. The van der Waals surface area contributed by atoms with Crippen LogP contribution in [0.1, 0.15) is 38.3 Å². The molecule has 0 aromatic heterocycles. The summed E-state index contributed by atoms with van der Waals surface area (Å²) in [5.74, 6) is 1.89. The van der Waals surface area contributed by atoms with E-state index >= 15 is 0 Å². The minimum atomic E-state index is 0.596. The topological polar surface area (TPSA) is 3.24 Å². The molecule has 2 fully saturated rings. The molecule has 1 saturated heterocycles. The second-order valence-corrected chi connectivity index (χ2v) is 5.67. The van der Waals surface area contributed by atoms with Crippen LogP contribution in [-0.4, -0.2) is 17.5 Å². The van der Waals surface area contributed by atoms with Crippen molar-refractivity contribution in [2.24, 2.45) is 11.8 Å². The van der Waals surface area contributed by atoms with E-state index in [1.54, 1.807) is 0 Å². The molecule has 0 radical (unpaired) electrons. The van der Waals surface area contributed by atoms with Crippen LogP contribution in [0.4, 0.5) is 0 Å². The highest BCUT2D eigenvalue weighted by Gasteiger charge is 2.44. The monoisotopic (exact) mass is 215 g/mol. The number of rotatable bonds is 2. The molecular weight excluding hydrogens is 194 g/mol. The van der Waals surface area contributed by atoms with E-state index in [9.17, 15) is 0 Å². The molecule has 1 aromatic carbocycles. The van der Waals surface area contributed by atoms with Crippen LogP contribution in [-0.2, 0) is 0 Å². The van der Waals surface area contributed by atoms with E-state index in [1.807, 2.05) is 0 Å². The predicted octanol–water partition coefficient (Wildman–Crippen LogP) is 3.48. The summed E-state index contributed by atoms with van der Waals surface area (Å²) in [6.07, 6.45) is 2.90. The van der Waals surface area contributed by atoms with Gasteiger partial charge < -0.3 is 0 Å². The zero-order valence-corrected chi connectivity index (χ0v) is 10.3. The molecule has 0 amide bonds. The van der Waals surface area contributed by atoms with Gasteiger partial charge in [-0.25, -0.2) is 0 Å². The van der Waals surface area contributed by atoms with Gasteiger partial charge >= 0.3 is 0 Å². The van der Waals surface area contributed by atoms with Gasteiger partial charge in [0.05, 0.1) is 0 Å². The third-order valence-electron chi connectivity index (χ3n) is 4.61. The molecule has 2 aliphatic rings. The Kier molecular flexibility index (Phi) is 2.51. The highest BCUT2D eigenvalue weighted by Crippen LogP contribution is 2.45. The van der Waals surface area contributed by atoms with Crippen LogP contribution < -0.4 is 0 Å². The van der Waals surface area contributed by atoms with Gasteiger partial charge in [0.15, 0.2) is 0 Å². The molecule has 16 heavy (non-hydrogen) atoms. The average molecular weight is 215 g/mol. The zero-order valence-electron chi connectivity index (χ0n) is 10.3. The minimum Gasteiger partial charge on any atom is -0.293 e. The van der Waals surface area contributed by atoms with E-state index in [2.05, 4.69) is 49.1 Å². The molecule has 0 N–H and O–H groups in total. The SMILES string of the molecule is CC(c1ccccc1)N1C[C@H]2C[C@H](C)[C@@H]1C2. The van der Waals surface area contributed by atoms with Gasteiger partial charge in [0, 0.05) is 18.6 Å². The first-order valence-electron chi connectivity index (χ1n) is 6.56. The van der Waals surface area contributed by atoms with E-state index in [0.29, 0.717) is 6.04 Å². The number of nitrogens with zero attached hydrogens (tertiary/aromatic N) is 1. The fourth-order valence-corrected chi connectivity index (χ4v) is 3.77. The summed E-state index contributed by atoms with van der Waals surface area (Å²) in [5.41, 5.74) is 1.47. The van der Waals surface area contributed by atoms with Crippen molar-refractivity contribution in [3.05, 3.63) is 35.9 Å². The van der Waals surface area contributed by atoms with Crippen molar-refractivity contribution in [2.75, 3.05) is 6.54 Å². The highest BCUT2D eigenvalue weighted by atomic mass is 15.2. The van der Waals surface area contributed by atoms with Crippen molar-refractivity contribution in [1.82, 2.24) is 4.90 Å². The Balaban J connectivity index is 1.79. The van der Waals surface area contributed by atoms with Crippen LogP contribution in [0.15, 0.2) is 30.3 Å². The smallest absolute Gasteiger partial charge is 0.0323 e. The van der Waals surface area contributed by atoms with Crippen LogP contribution in [0.5, 0.6) is 0 Å². The molecule has 4 atom stereocenters. The van der Waals surface area contributed by atoms with Gasteiger partial charge in [0.1, 0.15) is 0 Å². The van der Waals surface area contributed by atoms with E-state index in [4.69, 9.17) is 0 Å². The molecule has 86 valence electrons. The zero-order chi connectivity index (χ0) is 11.1. The maximum Gasteiger partial charge on any atom is 0.0323 e. The lowest BCUT2D eigenvalue weighted by atomic mass is 9.97. The van der Waals surface area contributed by atoms with Crippen LogP contribution in [0.3, 0.4) is 0 Å². The Hall–Kier alpha value is -0.820. The molecular formula is C15H21N. The number of benzene rings is 1. The van der Waals surface area contributed by atoms with E-state index in [1.165, 1.54) is 24.9 Å². The molecule has 1 heteroatoms. The van der Waals surface area contributed by atoms with Crippen molar-refractivity contribution in [3.8, 4) is 0 Å². The van der Waals surface area contributed by atoms with Gasteiger partial charge in [-0.1, -0.05) is 37.3 Å². The van der Waals surface area contributed by atoms with Gasteiger partial charge in [-0.2, -0.15) is 0 Å². The van der Waals surface area contributed by atoms with Crippen molar-refractivity contribution < 1.29 is 0 Å². The summed E-state index contributed by atoms with van der Waals surface area (Å²) >= 11 is 0. The lowest BCUT2D eigenvalue weighted by Gasteiger charge is -2.36. The highest BCUT2D eigenvalue weighted by molar-refractivity contribution is 5.19. The molecule has 1 saturated carbocycles. The third kappa shape index (κ3) is 1.58. The molecule has 1 aliphatic heterocycles. The first kappa shape index (κ1) is 10.3. The van der Waals surface area contributed by atoms with Gasteiger partial charge in [-0.15, -0.1) is 0 Å². The Morgan fingerprint density at radius 1 is 1.19 bits per heavy atom. The van der Waals surface area contributed by atoms with Gasteiger partial charge in [0.25, 0.3) is 0 Å². The van der Waals surface area contributed by atoms with Crippen molar-refractivity contribution >= 4 is 0 Å². The van der Waals surface area contributed by atoms with E-state index < -0.39 is 0 Å². The molecule has 0 spiro atoms. The van der Waals surface area contributed by atoms with Gasteiger partial charge in [-0.3, -0.25) is 4.90 Å². The molecule has 1 aliphatic carbocycles. The lowest BCUT2D eigenvalue weighted by Crippen LogP contribution is -2.38. The van der Waals surface area contributed by atoms with Crippen LogP contribution >= 0.6 is 0 Å². The summed E-state index contributed by atoms with van der Waals surface area (Å²) < 4.78 is 0. The van der Waals surface area contributed by atoms with Gasteiger partial charge in [-0.05, 0) is 37.2 Å². The fourth-order valence-electron chi connectivity index (χ4n) is 3.77. The molecule has 1 heterocycles. The number of likely N-dealkylation sites (tertiary alicyclic amines) is 1. The Labute approximate surface area is 98.5 Å². The van der Waals surface area contributed by atoms with Crippen LogP contribution in [0.25, 0.3) is 0 Å². The first-order valence-corrected chi connectivity index (χ1v) is 6.56. The summed E-state index contributed by atoms with van der Waals surface area (Å²) in [4.78, 5) is 2.73. The second kappa shape index (κ2) is 3.89. The predicted molar refractivity (Wildman–Crippen MR) is 67.2 cm³/mol. The number of piperidine rings is 1. The Morgan fingerprint density at radius 2 is 1.94 bits per heavy atom. The fraction of sp³-hybridized carbons (Fsp3) is 0.600.